The molecule has 1 aromatic heterocycles. The van der Waals surface area contributed by atoms with Crippen LogP contribution in [0, 0.1) is 24.0 Å². The number of nitro benzene ring substituents is 1. The van der Waals surface area contributed by atoms with Gasteiger partial charge >= 0.3 is 16.6 Å². The van der Waals surface area contributed by atoms with Crippen LogP contribution in [0.25, 0.3) is 0 Å². The molecule has 0 radical (unpaired) electrons. The topological polar surface area (TPSA) is 549 Å². The number of benzene rings is 5. The van der Waals surface area contributed by atoms with E-state index in [-0.39, 0.29) is 92.3 Å². The minimum Gasteiger partial charge on any atom is -0.479 e. The predicted octanol–water partition coefficient (Wildman–Crippen LogP) is 9.02. The summed E-state index contributed by atoms with van der Waals surface area (Å²) in [5.74, 6) is -2.13. The van der Waals surface area contributed by atoms with Gasteiger partial charge in [0.25, 0.3) is 56.3 Å². The number of hydrogen-bond donors (Lipinski definition) is 9. The number of rotatable bonds is 28. The molecule has 0 unspecified atom stereocenters. The highest BCUT2D eigenvalue weighted by Crippen LogP contribution is 2.44. The Bertz CT molecular complexity index is 4390. The molecule has 0 spiro atoms. The molecule has 0 atom stereocenters. The molecule has 0 aliphatic rings. The molecule has 87 heavy (non-hydrogen) atoms. The van der Waals surface area contributed by atoms with Crippen LogP contribution in [0.2, 0.25) is 0 Å². The van der Waals surface area contributed by atoms with Gasteiger partial charge in [-0.15, -0.1) is 68.4 Å². The van der Waals surface area contributed by atoms with Gasteiger partial charge in [-0.05, 0) is 122 Å². The van der Waals surface area contributed by atoms with E-state index in [9.17, 15) is 80.1 Å². The third-order valence-corrected chi connectivity index (χ3v) is 18.1. The zero-order valence-corrected chi connectivity index (χ0v) is 51.7. The second kappa shape index (κ2) is 30.6. The minimum atomic E-state index is -5.06. The number of nitrogen functional groups attached to an aromatic ring is 1. The molecule has 10 N–H and O–H groups in total. The fourth-order valence-electron chi connectivity index (χ4n) is 6.79. The molecule has 5 aromatic carbocycles. The van der Waals surface area contributed by atoms with Gasteiger partial charge in [0.2, 0.25) is 11.9 Å². The smallest absolute Gasteiger partial charge is 0.425 e. The first-order chi connectivity index (χ1) is 40.4. The summed E-state index contributed by atoms with van der Waals surface area (Å²) in [6, 6.07) is 15.4. The Hall–Kier alpha value is -7.27. The van der Waals surface area contributed by atoms with Gasteiger partial charge < -0.3 is 21.5 Å². The van der Waals surface area contributed by atoms with E-state index in [1.54, 1.807) is 26.0 Å². The van der Waals surface area contributed by atoms with Crippen LogP contribution < -0.4 is 16.4 Å². The van der Waals surface area contributed by atoms with Crippen LogP contribution in [0.5, 0.6) is 6.01 Å². The summed E-state index contributed by atoms with van der Waals surface area (Å²) in [5.41, 5.74) is 6.81. The van der Waals surface area contributed by atoms with Crippen molar-refractivity contribution < 1.29 is 87.5 Å². The predicted molar refractivity (Wildman–Crippen MR) is 318 cm³/mol. The molecule has 0 amide bonds. The van der Waals surface area contributed by atoms with Crippen LogP contribution >= 0.6 is 35.3 Å². The summed E-state index contributed by atoms with van der Waals surface area (Å²) in [5, 5.41) is 53.8. The molecule has 0 saturated heterocycles. The van der Waals surface area contributed by atoms with Crippen LogP contribution in [-0.4, -0.2) is 137 Å². The van der Waals surface area contributed by atoms with E-state index in [2.05, 4.69) is 56.3 Å². The zero-order valence-electron chi connectivity index (χ0n) is 44.4. The van der Waals surface area contributed by atoms with Crippen LogP contribution in [0.3, 0.4) is 0 Å². The van der Waals surface area contributed by atoms with Crippen molar-refractivity contribution in [2.24, 2.45) is 30.7 Å². The summed E-state index contributed by atoms with van der Waals surface area (Å²) in [6.07, 6.45) is -0.0596. The molecular formula is C44H47N13O21S9. The first kappa shape index (κ1) is 70.5. The van der Waals surface area contributed by atoms with Gasteiger partial charge in [-0.25, -0.2) is 0 Å². The van der Waals surface area contributed by atoms with Crippen molar-refractivity contribution in [2.75, 3.05) is 50.9 Å². The van der Waals surface area contributed by atoms with Crippen LogP contribution in [0.15, 0.2) is 134 Å². The van der Waals surface area contributed by atoms with Crippen molar-refractivity contribution in [3.63, 3.8) is 0 Å². The average Bonchev–Trinajstić information content (AvgIpc) is 2.13. The number of aryl methyl sites for hydroxylation is 2. The Morgan fingerprint density at radius 3 is 1.51 bits per heavy atom. The van der Waals surface area contributed by atoms with E-state index in [1.165, 1.54) is 48.2 Å². The lowest BCUT2D eigenvalue weighted by molar-refractivity contribution is -0.385. The number of nitrogens with two attached hydrogens (primary N) is 1. The molecular weight excluding hydrogens is 1340 g/mol. The van der Waals surface area contributed by atoms with Gasteiger partial charge in [-0.3, -0.25) is 32.9 Å². The monoisotopic (exact) mass is 1380 g/mol. The second-order valence-corrected chi connectivity index (χ2v) is 28.7. The van der Waals surface area contributed by atoms with Crippen molar-refractivity contribution >= 4 is 165 Å². The number of nitrogens with one attached hydrogen (secondary N) is 2. The molecule has 0 fully saturated rings. The number of aromatic nitrogens is 3. The van der Waals surface area contributed by atoms with E-state index in [4.69, 9.17) is 18.4 Å². The van der Waals surface area contributed by atoms with Crippen LogP contribution in [-0.2, 0) is 61.2 Å². The minimum absolute atomic E-state index is 0.0266. The van der Waals surface area contributed by atoms with Gasteiger partial charge in [0, 0.05) is 38.2 Å². The molecule has 1 heterocycles. The van der Waals surface area contributed by atoms with E-state index < -0.39 is 111 Å². The van der Waals surface area contributed by atoms with Gasteiger partial charge in [0.15, 0.2) is 0 Å². The number of aromatic hydroxyl groups is 1. The van der Waals surface area contributed by atoms with Crippen molar-refractivity contribution in [1.29, 1.82) is 0 Å². The average molecular weight is 1380 g/mol. The maximum atomic E-state index is 12.2. The Labute approximate surface area is 509 Å². The van der Waals surface area contributed by atoms with Crippen LogP contribution in [0.4, 0.5) is 68.8 Å². The Kier molecular flexibility index (Phi) is 24.8. The maximum Gasteiger partial charge on any atom is 0.425 e. The zero-order chi connectivity index (χ0) is 64.7. The van der Waals surface area contributed by atoms with Gasteiger partial charge in [0.1, 0.15) is 22.0 Å². The molecule has 6 aromatic rings. The van der Waals surface area contributed by atoms with Crippen molar-refractivity contribution in [2.45, 2.75) is 57.6 Å². The summed E-state index contributed by atoms with van der Waals surface area (Å²) in [6.45, 7) is 3.23. The van der Waals surface area contributed by atoms with E-state index in [0.717, 1.165) is 47.8 Å². The molecule has 0 aliphatic heterocycles. The highest BCUT2D eigenvalue weighted by molar-refractivity contribution is 8.00. The Morgan fingerprint density at radius 2 is 1.00 bits per heavy atom. The maximum absolute atomic E-state index is 12.2. The summed E-state index contributed by atoms with van der Waals surface area (Å²) < 4.78 is 190. The fourth-order valence-corrected chi connectivity index (χ4v) is 12.9. The van der Waals surface area contributed by atoms with Gasteiger partial charge in [-0.1, -0.05) is 6.07 Å². The number of hydrogen-bond acceptors (Lipinski definition) is 31. The summed E-state index contributed by atoms with van der Waals surface area (Å²) in [7, 11) is -25.8. The molecule has 468 valence electrons. The summed E-state index contributed by atoms with van der Waals surface area (Å²) in [4.78, 5) is 22.2. The van der Waals surface area contributed by atoms with Crippen LogP contribution in [0.1, 0.15) is 30.4 Å². The molecule has 0 aliphatic carbocycles. The van der Waals surface area contributed by atoms with Crippen molar-refractivity contribution in [3.8, 4) is 6.01 Å². The van der Waals surface area contributed by atoms with Gasteiger partial charge in [-0.2, -0.15) is 67.3 Å². The lowest BCUT2D eigenvalue weighted by Crippen LogP contribution is -2.05. The number of thioether (sulfide) groups is 3. The third-order valence-electron chi connectivity index (χ3n) is 10.6. The standard InChI is InChI=1S/C44H47N13O18S8.O3S/c1-25-17-30(45)38(76-11-4-14-79(61,62)63)22-32(25)53-56-37-21-34(47-43-48-42(49-44(58)50-43)46-27-7-3-8-29(19-27)82(70,71)72)35(24-40(37)78-13-6-16-81(67,68)69)54-55-36-18-26(2)33(23-39(36)77-12-5-15-80(64,65)66)52-51-31-10-9-28(57(59)60)20-41(31)83(73,74)75;1-4(2)3/h3,7-10,17-24H,4-6,11-16,45H2,1-2H3,(H,61,62,63)(H,64,65,66)(H,67,68,69)(H,70,71,72)(H,73,74,75)(H3,46,47,48,49,50,58);. The normalized spacial score (nSPS) is 12.4. The molecule has 0 saturated carbocycles. The van der Waals surface area contributed by atoms with Gasteiger partial charge in [0.05, 0.1) is 49.8 Å². The number of non-ortho nitro benzene ring substituents is 1. The Morgan fingerprint density at radius 1 is 0.552 bits per heavy atom. The largest absolute Gasteiger partial charge is 0.479 e. The highest BCUT2D eigenvalue weighted by atomic mass is 32.2. The SMILES string of the molecule is Cc1cc(N)c(SCCCS(=O)(=O)O)cc1N=Nc1cc(Nc2nc(O)nc(Nc3cccc(S(=O)(=O)O)c3)n2)c(N=Nc2cc(C)c(N=Nc3ccc([N+](=O)[O-])cc3S(=O)(=O)O)cc2SCCCS(=O)(=O)O)cc1SCCCS(=O)(=O)O.O=S(=O)=O. The number of nitro groups is 1. The molecule has 43 heteroatoms. The van der Waals surface area contributed by atoms with E-state index >= 15 is 0 Å². The third kappa shape index (κ3) is 24.1. The lowest BCUT2D eigenvalue weighted by atomic mass is 10.2. The first-order valence-corrected chi connectivity index (χ1v) is 35.4. The molecule has 34 nitrogen and oxygen atoms in total. The molecule has 0 bridgehead atoms. The second-order valence-electron chi connectivity index (χ2n) is 17.3. The Balaban J connectivity index is 0.00000334. The number of anilines is 5. The van der Waals surface area contributed by atoms with E-state index in [1.807, 2.05) is 0 Å². The highest BCUT2D eigenvalue weighted by Gasteiger charge is 2.22. The quantitative estimate of drug-likeness (QED) is 0.00420. The summed E-state index contributed by atoms with van der Waals surface area (Å²) >= 11 is 3.26. The van der Waals surface area contributed by atoms with Crippen molar-refractivity contribution in [1.82, 2.24) is 15.0 Å². The fraction of sp³-hybridized carbons (Fsp3) is 0.250. The number of azo groups is 3. The molecule has 6 rings (SSSR count). The van der Waals surface area contributed by atoms with Crippen molar-refractivity contribution in [3.05, 3.63) is 100 Å². The first-order valence-electron chi connectivity index (χ1n) is 23.7. The van der Waals surface area contributed by atoms with E-state index in [0.29, 0.717) is 33.5 Å². The number of nitrogens with zero attached hydrogens (tertiary/aromatic N) is 10. The lowest BCUT2D eigenvalue weighted by Gasteiger charge is -2.14.